The summed E-state index contributed by atoms with van der Waals surface area (Å²) < 4.78 is 10.7. The second-order valence-electron chi connectivity index (χ2n) is 10.2. The Kier molecular flexibility index (Phi) is 26.2. The van der Waals surface area contributed by atoms with Gasteiger partial charge in [-0.1, -0.05) is 78.1 Å². The van der Waals surface area contributed by atoms with Crippen molar-refractivity contribution in [1.29, 1.82) is 0 Å². The maximum atomic E-state index is 11.7. The summed E-state index contributed by atoms with van der Waals surface area (Å²) in [6, 6.07) is 0. The number of hydrogen-bond donors (Lipinski definition) is 1. The average Bonchev–Trinajstić information content (AvgIpc) is 2.87. The van der Waals surface area contributed by atoms with Crippen molar-refractivity contribution in [2.75, 3.05) is 32.8 Å². The van der Waals surface area contributed by atoms with Crippen LogP contribution in [0.4, 0.5) is 0 Å². The summed E-state index contributed by atoms with van der Waals surface area (Å²) in [4.78, 5) is 36.7. The van der Waals surface area contributed by atoms with E-state index in [0.717, 1.165) is 96.7 Å². The molecule has 0 aliphatic heterocycles. The van der Waals surface area contributed by atoms with E-state index >= 15 is 0 Å². The summed E-state index contributed by atoms with van der Waals surface area (Å²) in [6.45, 7) is 8.13. The van der Waals surface area contributed by atoms with Crippen LogP contribution in [-0.4, -0.2) is 60.8 Å². The highest BCUT2D eigenvalue weighted by atomic mass is 16.5. The largest absolute Gasteiger partial charge is 0.481 e. The molecule has 0 heterocycles. The molecule has 7 heteroatoms. The quantitative estimate of drug-likeness (QED) is 0.0842. The number of carbonyl (C=O) groups is 3. The van der Waals surface area contributed by atoms with Gasteiger partial charge in [0.1, 0.15) is 0 Å². The number of ether oxygens (including phenoxy) is 2. The minimum absolute atomic E-state index is 0.0683. The first-order chi connectivity index (χ1) is 18.0. The van der Waals surface area contributed by atoms with Gasteiger partial charge in [0.25, 0.3) is 0 Å². The van der Waals surface area contributed by atoms with Crippen molar-refractivity contribution >= 4 is 17.9 Å². The fraction of sp³-hybridized carbons (Fsp3) is 0.900. The van der Waals surface area contributed by atoms with Crippen LogP contribution in [0.2, 0.25) is 0 Å². The van der Waals surface area contributed by atoms with E-state index in [0.29, 0.717) is 32.5 Å². The minimum atomic E-state index is -0.736. The third-order valence-electron chi connectivity index (χ3n) is 6.60. The number of carboxylic acids is 1. The van der Waals surface area contributed by atoms with Crippen LogP contribution >= 0.6 is 0 Å². The summed E-state index contributed by atoms with van der Waals surface area (Å²) in [7, 11) is 0. The van der Waals surface area contributed by atoms with E-state index in [1.807, 2.05) is 0 Å². The normalized spacial score (nSPS) is 11.1. The van der Waals surface area contributed by atoms with E-state index in [2.05, 4.69) is 18.7 Å². The van der Waals surface area contributed by atoms with E-state index in [9.17, 15) is 14.4 Å². The zero-order chi connectivity index (χ0) is 27.4. The number of esters is 2. The minimum Gasteiger partial charge on any atom is -0.481 e. The topological polar surface area (TPSA) is 93.1 Å². The molecule has 0 radical (unpaired) electrons. The Morgan fingerprint density at radius 1 is 0.514 bits per heavy atom. The molecule has 0 aromatic carbocycles. The first-order valence-corrected chi connectivity index (χ1v) is 15.2. The molecule has 0 aliphatic rings. The van der Waals surface area contributed by atoms with Crippen LogP contribution in [0.15, 0.2) is 0 Å². The molecule has 0 aromatic rings. The summed E-state index contributed by atoms with van der Waals surface area (Å²) in [6.07, 6.45) is 19.0. The molecular formula is C30H57NO6. The van der Waals surface area contributed by atoms with Crippen LogP contribution in [0.3, 0.4) is 0 Å². The first-order valence-electron chi connectivity index (χ1n) is 15.2. The van der Waals surface area contributed by atoms with Gasteiger partial charge >= 0.3 is 17.9 Å². The summed E-state index contributed by atoms with van der Waals surface area (Å²) in [5.74, 6) is -0.873. The molecule has 37 heavy (non-hydrogen) atoms. The number of carbonyl (C=O) groups excluding carboxylic acids is 2. The lowest BCUT2D eigenvalue weighted by atomic mass is 10.1. The van der Waals surface area contributed by atoms with Gasteiger partial charge in [-0.15, -0.1) is 0 Å². The number of aliphatic carboxylic acids is 1. The van der Waals surface area contributed by atoms with Gasteiger partial charge in [0.2, 0.25) is 0 Å². The standard InChI is InChI=1S/C30H57NO6/c1-3-5-7-13-21-29(34)36-26-17-11-9-15-23-31(25-19-20-28(32)33)24-16-10-12-18-27-37-30(35)22-14-8-6-4-2/h3-27H2,1-2H3,(H,32,33). The van der Waals surface area contributed by atoms with Crippen LogP contribution in [0, 0.1) is 0 Å². The van der Waals surface area contributed by atoms with Gasteiger partial charge < -0.3 is 19.5 Å². The van der Waals surface area contributed by atoms with E-state index in [1.165, 1.54) is 25.7 Å². The number of hydrogen-bond acceptors (Lipinski definition) is 6. The molecule has 7 nitrogen and oxygen atoms in total. The Balaban J connectivity index is 3.86. The molecule has 0 amide bonds. The number of unbranched alkanes of at least 4 members (excludes halogenated alkanes) is 12. The third kappa shape index (κ3) is 27.2. The van der Waals surface area contributed by atoms with Crippen molar-refractivity contribution < 1.29 is 29.0 Å². The molecule has 0 rings (SSSR count). The number of rotatable bonds is 28. The summed E-state index contributed by atoms with van der Waals surface area (Å²) >= 11 is 0. The van der Waals surface area contributed by atoms with E-state index < -0.39 is 5.97 Å². The number of carboxylic acid groups (broad SMARTS) is 1. The van der Waals surface area contributed by atoms with Crippen LogP contribution < -0.4 is 0 Å². The van der Waals surface area contributed by atoms with Crippen molar-refractivity contribution in [3.63, 3.8) is 0 Å². The van der Waals surface area contributed by atoms with E-state index in [4.69, 9.17) is 14.6 Å². The Morgan fingerprint density at radius 3 is 1.35 bits per heavy atom. The van der Waals surface area contributed by atoms with Gasteiger partial charge in [0, 0.05) is 19.3 Å². The van der Waals surface area contributed by atoms with Crippen molar-refractivity contribution in [3.05, 3.63) is 0 Å². The molecule has 0 aromatic heterocycles. The summed E-state index contributed by atoms with van der Waals surface area (Å²) in [5.41, 5.74) is 0. The first kappa shape index (κ1) is 35.4. The van der Waals surface area contributed by atoms with E-state index in [1.54, 1.807) is 0 Å². The molecule has 0 fully saturated rings. The van der Waals surface area contributed by atoms with Gasteiger partial charge in [-0.2, -0.15) is 0 Å². The average molecular weight is 528 g/mol. The molecule has 0 saturated heterocycles. The van der Waals surface area contributed by atoms with Crippen molar-refractivity contribution in [1.82, 2.24) is 4.90 Å². The Morgan fingerprint density at radius 2 is 0.919 bits per heavy atom. The molecule has 0 atom stereocenters. The lowest BCUT2D eigenvalue weighted by Gasteiger charge is -2.22. The molecule has 0 saturated carbocycles. The van der Waals surface area contributed by atoms with Gasteiger partial charge in [0.05, 0.1) is 13.2 Å². The van der Waals surface area contributed by atoms with Crippen molar-refractivity contribution in [2.24, 2.45) is 0 Å². The monoisotopic (exact) mass is 527 g/mol. The summed E-state index contributed by atoms with van der Waals surface area (Å²) in [5, 5.41) is 8.95. The number of nitrogens with zero attached hydrogens (tertiary/aromatic N) is 1. The Labute approximate surface area is 227 Å². The molecule has 0 bridgehead atoms. The van der Waals surface area contributed by atoms with Crippen LogP contribution in [0.1, 0.15) is 142 Å². The third-order valence-corrected chi connectivity index (χ3v) is 6.60. The van der Waals surface area contributed by atoms with Crippen LogP contribution in [0.25, 0.3) is 0 Å². The van der Waals surface area contributed by atoms with Gasteiger partial charge in [-0.25, -0.2) is 0 Å². The lowest BCUT2D eigenvalue weighted by Crippen LogP contribution is -2.27. The van der Waals surface area contributed by atoms with Crippen LogP contribution in [-0.2, 0) is 23.9 Å². The predicted octanol–water partition coefficient (Wildman–Crippen LogP) is 7.30. The smallest absolute Gasteiger partial charge is 0.305 e. The molecular weight excluding hydrogens is 470 g/mol. The maximum Gasteiger partial charge on any atom is 0.305 e. The van der Waals surface area contributed by atoms with Crippen molar-refractivity contribution in [3.8, 4) is 0 Å². The zero-order valence-electron chi connectivity index (χ0n) is 24.1. The maximum absolute atomic E-state index is 11.7. The predicted molar refractivity (Wildman–Crippen MR) is 150 cm³/mol. The Bertz CT molecular complexity index is 516. The molecule has 0 unspecified atom stereocenters. The highest BCUT2D eigenvalue weighted by Crippen LogP contribution is 2.09. The van der Waals surface area contributed by atoms with Gasteiger partial charge in [0.15, 0.2) is 0 Å². The molecule has 1 N–H and O–H groups in total. The second-order valence-corrected chi connectivity index (χ2v) is 10.2. The fourth-order valence-electron chi connectivity index (χ4n) is 4.28. The Hall–Kier alpha value is -1.63. The SMILES string of the molecule is CCCCCCC(=O)OCCCCCCN(CCCCCCOC(=O)CCCCCC)CCCC(=O)O. The highest BCUT2D eigenvalue weighted by molar-refractivity contribution is 5.69. The zero-order valence-corrected chi connectivity index (χ0v) is 24.1. The molecule has 218 valence electrons. The van der Waals surface area contributed by atoms with Crippen LogP contribution in [0.5, 0.6) is 0 Å². The van der Waals surface area contributed by atoms with Gasteiger partial charge in [-0.05, 0) is 64.6 Å². The van der Waals surface area contributed by atoms with E-state index in [-0.39, 0.29) is 18.4 Å². The molecule has 0 spiro atoms. The van der Waals surface area contributed by atoms with Crippen molar-refractivity contribution in [2.45, 2.75) is 142 Å². The van der Waals surface area contributed by atoms with Gasteiger partial charge in [-0.3, -0.25) is 14.4 Å². The second kappa shape index (κ2) is 27.4. The highest BCUT2D eigenvalue weighted by Gasteiger charge is 2.08. The molecule has 0 aliphatic carbocycles. The lowest BCUT2D eigenvalue weighted by molar-refractivity contribution is -0.144. The fourth-order valence-corrected chi connectivity index (χ4v) is 4.28.